The van der Waals surface area contributed by atoms with Gasteiger partial charge in [-0.25, -0.2) is 19.2 Å². The van der Waals surface area contributed by atoms with Gasteiger partial charge in [0.25, 0.3) is 0 Å². The summed E-state index contributed by atoms with van der Waals surface area (Å²) in [6, 6.07) is -0.205. The first-order valence-electron chi connectivity index (χ1n) is 25.4. The van der Waals surface area contributed by atoms with Gasteiger partial charge in [0.05, 0.1) is 48.3 Å². The van der Waals surface area contributed by atoms with E-state index in [2.05, 4.69) is 192 Å². The van der Waals surface area contributed by atoms with Gasteiger partial charge in [0.1, 0.15) is 0 Å². The highest BCUT2D eigenvalue weighted by atomic mass is 16.2. The van der Waals surface area contributed by atoms with Gasteiger partial charge in [-0.05, 0) is 192 Å². The number of carbonyl (C=O) groups is 4. The Hall–Kier alpha value is -3.96. The zero-order valence-electron chi connectivity index (χ0n) is 47.8. The molecule has 0 saturated carbocycles. The van der Waals surface area contributed by atoms with E-state index in [-0.39, 0.29) is 117 Å². The Morgan fingerprint density at radius 1 is 0.279 bits per heavy atom. The molecule has 0 bridgehead atoms. The first-order chi connectivity index (χ1) is 30.4. The first kappa shape index (κ1) is 58.4. The van der Waals surface area contributed by atoms with Crippen molar-refractivity contribution in [2.45, 2.75) is 284 Å². The van der Waals surface area contributed by atoms with E-state index >= 15 is 0 Å². The monoisotopic (exact) mass is 949 g/mol. The third-order valence-electron chi connectivity index (χ3n) is 14.0. The van der Waals surface area contributed by atoms with Crippen molar-refractivity contribution in [1.29, 1.82) is 0 Å². The summed E-state index contributed by atoms with van der Waals surface area (Å²) in [6.07, 6.45) is 10.8. The average molecular weight is 949 g/mol. The highest BCUT2D eigenvalue weighted by molar-refractivity contribution is 5.82. The zero-order valence-corrected chi connectivity index (χ0v) is 47.8. The van der Waals surface area contributed by atoms with Crippen molar-refractivity contribution < 1.29 is 19.2 Å². The van der Waals surface area contributed by atoms with E-state index in [9.17, 15) is 19.2 Å². The molecule has 0 aromatic heterocycles. The highest BCUT2D eigenvalue weighted by Gasteiger charge is 2.57. The van der Waals surface area contributed by atoms with Gasteiger partial charge in [-0.3, -0.25) is 0 Å². The second-order valence-corrected chi connectivity index (χ2v) is 27.8. The molecule has 4 fully saturated rings. The van der Waals surface area contributed by atoms with E-state index < -0.39 is 0 Å². The molecule has 4 aliphatic rings. The first-order valence-corrected chi connectivity index (χ1v) is 25.4. The number of rotatable bonds is 10. The summed E-state index contributed by atoms with van der Waals surface area (Å²) in [5.41, 5.74) is -2.57. The van der Waals surface area contributed by atoms with Crippen LogP contribution < -0.4 is 0 Å². The molecule has 0 aromatic carbocycles. The molecule has 0 spiro atoms. The minimum absolute atomic E-state index is 0.0182. The largest absolute Gasteiger partial charge is 0.321 e. The van der Waals surface area contributed by atoms with Gasteiger partial charge in [0.15, 0.2) is 0 Å². The van der Waals surface area contributed by atoms with Crippen molar-refractivity contribution in [2.24, 2.45) is 0 Å². The predicted octanol–water partition coefficient (Wildman–Crippen LogP) is 12.6. The molecule has 388 valence electrons. The fraction of sp³-hybridized carbons (Fsp3) is 0.786. The lowest BCUT2D eigenvalue weighted by atomic mass is 9.90. The SMILES string of the molecule is C=C[C@@H]1[C@@H](CC[C@@H]2[C@@H](C=C)N(C(C)(C)C)C(=O)N2C(C)(C)C)N(C(C)(C)C)C(=O)N1C(C)(C)C.C=C[C@@H]1[C@@H](CC[C@@H]2[C@@H](C=C)N(C(C)(C)C)C(=O)N2C(C)(C)C)N(C(C)(C)C)C(=O)N1C(C)(C)C. The van der Waals surface area contributed by atoms with Crippen LogP contribution >= 0.6 is 0 Å². The van der Waals surface area contributed by atoms with Crippen LogP contribution in [0.1, 0.15) is 192 Å². The maximum absolute atomic E-state index is 13.7. The van der Waals surface area contributed by atoms with E-state index in [0.29, 0.717) is 0 Å². The second kappa shape index (κ2) is 19.3. The fourth-order valence-electron chi connectivity index (χ4n) is 11.8. The summed E-state index contributed by atoms with van der Waals surface area (Å²) in [6.45, 7) is 66.6. The normalized spacial score (nSPS) is 27.2. The maximum atomic E-state index is 13.7. The third-order valence-corrected chi connectivity index (χ3v) is 14.0. The van der Waals surface area contributed by atoms with Gasteiger partial charge in [-0.2, -0.15) is 0 Å². The average Bonchev–Trinajstić information content (AvgIpc) is 3.80. The zero-order chi connectivity index (χ0) is 53.2. The highest BCUT2D eigenvalue weighted by Crippen LogP contribution is 2.44. The smallest absolute Gasteiger partial charge is 0.314 e. The van der Waals surface area contributed by atoms with Crippen molar-refractivity contribution in [3.05, 3.63) is 50.6 Å². The molecule has 12 nitrogen and oxygen atoms in total. The van der Waals surface area contributed by atoms with Crippen LogP contribution in [0.3, 0.4) is 0 Å². The van der Waals surface area contributed by atoms with Crippen LogP contribution in [0.5, 0.6) is 0 Å². The van der Waals surface area contributed by atoms with Gasteiger partial charge in [-0.1, -0.05) is 24.3 Å². The Bertz CT molecular complexity index is 1610. The molecular weight excluding hydrogens is 849 g/mol. The Balaban J connectivity index is 0.000000360. The molecular formula is C56H100N8O4. The Morgan fingerprint density at radius 3 is 0.485 bits per heavy atom. The molecule has 4 rings (SSSR count). The van der Waals surface area contributed by atoms with E-state index in [1.54, 1.807) is 0 Å². The molecule has 4 aliphatic heterocycles. The van der Waals surface area contributed by atoms with Crippen LogP contribution in [-0.2, 0) is 0 Å². The van der Waals surface area contributed by atoms with Crippen molar-refractivity contribution in [1.82, 2.24) is 39.2 Å². The topological polar surface area (TPSA) is 94.2 Å². The van der Waals surface area contributed by atoms with Crippen molar-refractivity contribution >= 4 is 24.1 Å². The molecule has 4 heterocycles. The van der Waals surface area contributed by atoms with Gasteiger partial charge >= 0.3 is 24.1 Å². The van der Waals surface area contributed by atoms with Crippen LogP contribution in [0.4, 0.5) is 19.2 Å². The number of amides is 8. The van der Waals surface area contributed by atoms with E-state index in [4.69, 9.17) is 0 Å². The standard InChI is InChI=1S/2C28H50N4O2/c2*1-15-19-21(31(27(9,10)11)23(33)29(19)25(3,4)5)17-18-22-20(16-2)30(26(6,7)8)24(34)32(22)28(12,13)14/h2*15-16,19-22H,1-2,17-18H2,3-14H3/t2*19-,20-,21-,22-/m11/s1. The predicted molar refractivity (Wildman–Crippen MR) is 284 cm³/mol. The quantitative estimate of drug-likeness (QED) is 0.204. The summed E-state index contributed by atoms with van der Waals surface area (Å²) in [5.74, 6) is 0. The second-order valence-electron chi connectivity index (χ2n) is 27.8. The lowest BCUT2D eigenvalue weighted by molar-refractivity contribution is 0.108. The fourth-order valence-corrected chi connectivity index (χ4v) is 11.8. The molecule has 12 heteroatoms. The number of nitrogens with zero attached hydrogens (tertiary/aromatic N) is 8. The number of urea groups is 4. The van der Waals surface area contributed by atoms with Crippen LogP contribution in [-0.4, -0.2) is 156 Å². The van der Waals surface area contributed by atoms with Gasteiger partial charge in [0, 0.05) is 44.3 Å². The summed E-state index contributed by atoms with van der Waals surface area (Å²) in [4.78, 5) is 70.7. The summed E-state index contributed by atoms with van der Waals surface area (Å²) in [7, 11) is 0. The molecule has 8 atom stereocenters. The van der Waals surface area contributed by atoms with Crippen LogP contribution in [0.2, 0.25) is 0 Å². The molecule has 0 unspecified atom stereocenters. The molecule has 68 heavy (non-hydrogen) atoms. The Kier molecular flexibility index (Phi) is 16.6. The Morgan fingerprint density at radius 2 is 0.397 bits per heavy atom. The third kappa shape index (κ3) is 11.5. The molecule has 0 N–H and O–H groups in total. The molecule has 4 saturated heterocycles. The minimum atomic E-state index is -0.326. The number of carbonyl (C=O) groups excluding carboxylic acids is 4. The molecule has 0 aromatic rings. The molecule has 0 radical (unpaired) electrons. The van der Waals surface area contributed by atoms with Gasteiger partial charge < -0.3 is 39.2 Å². The summed E-state index contributed by atoms with van der Waals surface area (Å²) >= 11 is 0. The van der Waals surface area contributed by atoms with Crippen LogP contribution in [0.25, 0.3) is 0 Å². The maximum Gasteiger partial charge on any atom is 0.321 e. The molecule has 8 amide bonds. The minimum Gasteiger partial charge on any atom is -0.314 e. The van der Waals surface area contributed by atoms with Crippen molar-refractivity contribution in [3.8, 4) is 0 Å². The number of hydrogen-bond acceptors (Lipinski definition) is 4. The van der Waals surface area contributed by atoms with Gasteiger partial charge in [-0.15, -0.1) is 26.3 Å². The summed E-state index contributed by atoms with van der Waals surface area (Å²) in [5, 5.41) is 0. The van der Waals surface area contributed by atoms with Crippen LogP contribution in [0, 0.1) is 0 Å². The van der Waals surface area contributed by atoms with Crippen molar-refractivity contribution in [2.75, 3.05) is 0 Å². The van der Waals surface area contributed by atoms with E-state index in [1.807, 2.05) is 63.5 Å². The lowest BCUT2D eigenvalue weighted by Gasteiger charge is -2.40. The van der Waals surface area contributed by atoms with E-state index in [0.717, 1.165) is 25.7 Å². The van der Waals surface area contributed by atoms with Gasteiger partial charge in [0.2, 0.25) is 0 Å². The number of hydrogen-bond donors (Lipinski definition) is 0. The van der Waals surface area contributed by atoms with Crippen molar-refractivity contribution in [3.63, 3.8) is 0 Å². The Labute approximate surface area is 416 Å². The lowest BCUT2D eigenvalue weighted by Crippen LogP contribution is -2.51. The summed E-state index contributed by atoms with van der Waals surface area (Å²) < 4.78 is 0. The molecule has 0 aliphatic carbocycles. The van der Waals surface area contributed by atoms with E-state index in [1.165, 1.54) is 0 Å². The van der Waals surface area contributed by atoms with Crippen LogP contribution in [0.15, 0.2) is 50.6 Å².